The molecule has 8 heteroatoms. The molecule has 0 saturated heterocycles. The monoisotopic (exact) mass is 268 g/mol. The third-order valence-corrected chi connectivity index (χ3v) is 3.66. The van der Waals surface area contributed by atoms with E-state index in [1.54, 1.807) is 6.92 Å². The minimum Gasteiger partial charge on any atom is -0.477 e. The van der Waals surface area contributed by atoms with Crippen LogP contribution in [-0.2, 0) is 0 Å². The van der Waals surface area contributed by atoms with Crippen LogP contribution in [-0.4, -0.2) is 25.4 Å². The van der Waals surface area contributed by atoms with E-state index in [4.69, 9.17) is 10.8 Å². The molecule has 0 aliphatic heterocycles. The number of hydrogen-bond donors (Lipinski definition) is 2. The first-order valence-electron chi connectivity index (χ1n) is 4.54. The van der Waals surface area contributed by atoms with Gasteiger partial charge in [0.25, 0.3) is 0 Å². The summed E-state index contributed by atoms with van der Waals surface area (Å²) in [6, 6.07) is 2.89. The van der Waals surface area contributed by atoms with Crippen LogP contribution in [0.15, 0.2) is 21.5 Å². The van der Waals surface area contributed by atoms with Gasteiger partial charge in [-0.2, -0.15) is 4.37 Å². The molecule has 6 nitrogen and oxygen atoms in total. The van der Waals surface area contributed by atoms with Crippen LogP contribution in [0.1, 0.15) is 16.3 Å². The van der Waals surface area contributed by atoms with Crippen molar-refractivity contribution >= 4 is 35.0 Å². The number of carboxylic acids is 1. The van der Waals surface area contributed by atoms with Gasteiger partial charge in [0.2, 0.25) is 0 Å². The molecular weight excluding hydrogens is 260 g/mol. The zero-order valence-corrected chi connectivity index (χ0v) is 10.4. The third-order valence-electron chi connectivity index (χ3n) is 1.80. The highest BCUT2D eigenvalue weighted by atomic mass is 32.2. The molecule has 2 rings (SSSR count). The zero-order valence-electron chi connectivity index (χ0n) is 8.75. The van der Waals surface area contributed by atoms with Gasteiger partial charge in [0.05, 0.1) is 5.69 Å². The SMILES string of the molecule is Cc1nsc(Sc2nc(C(=O)O)ccc2N)n1. The Hall–Kier alpha value is -1.67. The molecule has 0 bridgehead atoms. The van der Waals surface area contributed by atoms with Gasteiger partial charge in [-0.1, -0.05) is 0 Å². The van der Waals surface area contributed by atoms with Crippen molar-refractivity contribution in [3.05, 3.63) is 23.7 Å². The van der Waals surface area contributed by atoms with Crippen LogP contribution in [0, 0.1) is 6.92 Å². The fourth-order valence-corrected chi connectivity index (χ4v) is 2.65. The van der Waals surface area contributed by atoms with Crippen molar-refractivity contribution in [1.82, 2.24) is 14.3 Å². The number of carboxylic acid groups (broad SMARTS) is 1. The summed E-state index contributed by atoms with van der Waals surface area (Å²) in [7, 11) is 0. The van der Waals surface area contributed by atoms with E-state index >= 15 is 0 Å². The minimum atomic E-state index is -1.08. The summed E-state index contributed by atoms with van der Waals surface area (Å²) >= 11 is 2.44. The Morgan fingerprint density at radius 3 is 2.82 bits per heavy atom. The number of anilines is 1. The lowest BCUT2D eigenvalue weighted by atomic mass is 10.3. The minimum absolute atomic E-state index is 0.0389. The molecule has 88 valence electrons. The molecule has 2 heterocycles. The van der Waals surface area contributed by atoms with Crippen molar-refractivity contribution in [3.63, 3.8) is 0 Å². The largest absolute Gasteiger partial charge is 0.477 e. The van der Waals surface area contributed by atoms with Crippen LogP contribution in [0.4, 0.5) is 5.69 Å². The van der Waals surface area contributed by atoms with E-state index in [1.165, 1.54) is 35.4 Å². The number of hydrogen-bond acceptors (Lipinski definition) is 7. The fourth-order valence-electron chi connectivity index (χ4n) is 1.05. The first-order valence-corrected chi connectivity index (χ1v) is 6.13. The highest BCUT2D eigenvalue weighted by Gasteiger charge is 2.11. The van der Waals surface area contributed by atoms with Crippen molar-refractivity contribution in [2.45, 2.75) is 16.3 Å². The summed E-state index contributed by atoms with van der Waals surface area (Å²) in [5.41, 5.74) is 6.11. The smallest absolute Gasteiger partial charge is 0.354 e. The van der Waals surface area contributed by atoms with Gasteiger partial charge in [-0.3, -0.25) is 0 Å². The molecule has 0 spiro atoms. The lowest BCUT2D eigenvalue weighted by Crippen LogP contribution is -2.02. The number of aromatic nitrogens is 3. The number of rotatable bonds is 3. The van der Waals surface area contributed by atoms with Gasteiger partial charge >= 0.3 is 5.97 Å². The standard InChI is InChI=1S/C9H8N4O2S2/c1-4-11-9(17-13-4)16-7-5(10)2-3-6(12-7)8(14)15/h2-3H,10H2,1H3,(H,14,15). The van der Waals surface area contributed by atoms with E-state index in [2.05, 4.69) is 14.3 Å². The summed E-state index contributed by atoms with van der Waals surface area (Å²) in [5.74, 6) is -0.411. The second kappa shape index (κ2) is 4.68. The lowest BCUT2D eigenvalue weighted by Gasteiger charge is -2.02. The molecule has 0 saturated carbocycles. The maximum Gasteiger partial charge on any atom is 0.354 e. The number of nitrogens with zero attached hydrogens (tertiary/aromatic N) is 3. The number of aromatic carboxylic acids is 1. The van der Waals surface area contributed by atoms with Crippen LogP contribution >= 0.6 is 23.3 Å². The molecule has 2 aromatic rings. The van der Waals surface area contributed by atoms with Gasteiger partial charge in [-0.25, -0.2) is 14.8 Å². The Morgan fingerprint density at radius 1 is 1.47 bits per heavy atom. The summed E-state index contributed by atoms with van der Waals surface area (Å²) < 4.78 is 4.71. The topological polar surface area (TPSA) is 102 Å². The van der Waals surface area contributed by atoms with Crippen molar-refractivity contribution in [2.75, 3.05) is 5.73 Å². The van der Waals surface area contributed by atoms with Crippen LogP contribution in [0.5, 0.6) is 0 Å². The Kier molecular flexibility index (Phi) is 3.25. The molecule has 0 atom stereocenters. The van der Waals surface area contributed by atoms with E-state index in [0.717, 1.165) is 0 Å². The Labute approximate surface area is 105 Å². The number of nitrogen functional groups attached to an aromatic ring is 1. The predicted molar refractivity (Wildman–Crippen MR) is 64.4 cm³/mol. The highest BCUT2D eigenvalue weighted by Crippen LogP contribution is 2.31. The van der Waals surface area contributed by atoms with E-state index in [-0.39, 0.29) is 5.69 Å². The molecular formula is C9H8N4O2S2. The predicted octanol–water partition coefficient (Wildman–Crippen LogP) is 1.67. The first-order chi connectivity index (χ1) is 8.06. The van der Waals surface area contributed by atoms with E-state index in [1.807, 2.05) is 0 Å². The van der Waals surface area contributed by atoms with Crippen LogP contribution in [0.3, 0.4) is 0 Å². The van der Waals surface area contributed by atoms with Gasteiger partial charge in [0.15, 0.2) is 4.34 Å². The fraction of sp³-hybridized carbons (Fsp3) is 0.111. The highest BCUT2D eigenvalue weighted by molar-refractivity contribution is 8.01. The maximum absolute atomic E-state index is 10.8. The normalized spacial score (nSPS) is 10.4. The summed E-state index contributed by atoms with van der Waals surface area (Å²) in [6.07, 6.45) is 0. The van der Waals surface area contributed by atoms with Crippen molar-refractivity contribution in [1.29, 1.82) is 0 Å². The summed E-state index contributed by atoms with van der Waals surface area (Å²) in [5, 5.41) is 9.26. The molecule has 0 unspecified atom stereocenters. The molecule has 0 amide bonds. The number of nitrogens with two attached hydrogens (primary N) is 1. The van der Waals surface area contributed by atoms with Crippen molar-refractivity contribution < 1.29 is 9.90 Å². The second-order valence-corrected chi connectivity index (χ2v) is 5.09. The van der Waals surface area contributed by atoms with Crippen molar-refractivity contribution in [3.8, 4) is 0 Å². The first kappa shape index (κ1) is 11.8. The molecule has 0 aliphatic carbocycles. The molecule has 2 aromatic heterocycles. The van der Waals surface area contributed by atoms with Gasteiger partial charge in [-0.05, 0) is 42.4 Å². The van der Waals surface area contributed by atoms with Crippen molar-refractivity contribution in [2.24, 2.45) is 0 Å². The number of carbonyl (C=O) groups is 1. The quantitative estimate of drug-likeness (QED) is 0.872. The lowest BCUT2D eigenvalue weighted by molar-refractivity contribution is 0.0690. The number of aryl methyl sites for hydroxylation is 1. The number of pyridine rings is 1. The Bertz CT molecular complexity index is 570. The Morgan fingerprint density at radius 2 is 2.24 bits per heavy atom. The molecule has 0 aliphatic rings. The van der Waals surface area contributed by atoms with Gasteiger partial charge < -0.3 is 10.8 Å². The van der Waals surface area contributed by atoms with E-state index in [0.29, 0.717) is 20.9 Å². The van der Waals surface area contributed by atoms with Crippen LogP contribution < -0.4 is 5.73 Å². The Balaban J connectivity index is 2.31. The molecule has 0 aromatic carbocycles. The van der Waals surface area contributed by atoms with E-state index < -0.39 is 5.97 Å². The summed E-state index contributed by atoms with van der Waals surface area (Å²) in [6.45, 7) is 1.78. The second-order valence-electron chi connectivity index (χ2n) is 3.11. The maximum atomic E-state index is 10.8. The molecule has 17 heavy (non-hydrogen) atoms. The van der Waals surface area contributed by atoms with Crippen LogP contribution in [0.2, 0.25) is 0 Å². The average molecular weight is 268 g/mol. The van der Waals surface area contributed by atoms with Gasteiger partial charge in [0.1, 0.15) is 16.5 Å². The van der Waals surface area contributed by atoms with Crippen LogP contribution in [0.25, 0.3) is 0 Å². The van der Waals surface area contributed by atoms with Gasteiger partial charge in [0, 0.05) is 0 Å². The third kappa shape index (κ3) is 2.71. The zero-order chi connectivity index (χ0) is 12.4. The average Bonchev–Trinajstić information content (AvgIpc) is 2.67. The van der Waals surface area contributed by atoms with Gasteiger partial charge in [-0.15, -0.1) is 0 Å². The molecule has 3 N–H and O–H groups in total. The summed E-state index contributed by atoms with van der Waals surface area (Å²) in [4.78, 5) is 18.9. The van der Waals surface area contributed by atoms with E-state index in [9.17, 15) is 4.79 Å². The molecule has 0 fully saturated rings. The molecule has 0 radical (unpaired) electrons.